The molecule has 4 saturated heterocycles. The summed E-state index contributed by atoms with van der Waals surface area (Å²) in [6, 6.07) is 18.9. The number of sulfonamides is 4. The van der Waals surface area contributed by atoms with Crippen molar-refractivity contribution < 1.29 is 52.6 Å². The van der Waals surface area contributed by atoms with Crippen molar-refractivity contribution in [3.8, 4) is 68.5 Å². The minimum atomic E-state index is -3.71. The molecule has 0 unspecified atom stereocenters. The molecule has 136 heavy (non-hydrogen) atoms. The SMILES string of the molecule is CCCc1nc(C)c2c(=O)[nH]c(-c3cc(S(=O)(=O)N4CCN(CC)CC4)ccc3OCC)nn12.CCCc1nc(C)c2c(=O)[nH]c(-c3cc(S(=O)(=O)N4CCN(CC)CC4)ccc3OCC)nn12.CCCc1nc(C)c2c(=O)[nH]c(-c3cc(S(=O)(=O)N4CCN(CC)CC4)ccc3OCC)nn12.CCCc1nc(C)c2c(=O)[nH]c(-c3cc(S(=O)(=O)N4CCN(CC)CC4)ccc3OCC)nn12. The Morgan fingerprint density at radius 1 is 0.279 bits per heavy atom. The minimum Gasteiger partial charge on any atom is -0.493 e. The smallest absolute Gasteiger partial charge is 0.277 e. The van der Waals surface area contributed by atoms with Crippen LogP contribution in [0.15, 0.2) is 112 Å². The molecule has 40 nitrogen and oxygen atoms in total. The highest BCUT2D eigenvalue weighted by atomic mass is 32.2. The van der Waals surface area contributed by atoms with Gasteiger partial charge in [0.15, 0.2) is 45.4 Å². The summed E-state index contributed by atoms with van der Waals surface area (Å²) in [5.41, 5.74) is 4.35. The topological polar surface area (TPSA) is 452 Å². The highest BCUT2D eigenvalue weighted by molar-refractivity contribution is 7.90. The third-order valence-electron chi connectivity index (χ3n) is 24.6. The quantitative estimate of drug-likeness (QED) is 0.0308. The molecule has 0 aliphatic carbocycles. The third kappa shape index (κ3) is 21.9. The maximum atomic E-state index is 13.4. The number of aromatic nitrogens is 16. The summed E-state index contributed by atoms with van der Waals surface area (Å²) in [5, 5.41) is 18.6. The van der Waals surface area contributed by atoms with Crippen LogP contribution in [0.1, 0.15) is 155 Å². The van der Waals surface area contributed by atoms with E-state index in [4.69, 9.17) is 18.9 Å². The second-order valence-electron chi connectivity index (χ2n) is 33.4. The summed E-state index contributed by atoms with van der Waals surface area (Å²) in [5.74, 6) is 5.54. The molecule has 0 saturated carbocycles. The van der Waals surface area contributed by atoms with E-state index in [1.54, 1.807) is 119 Å². The Hall–Kier alpha value is -11.0. The lowest BCUT2D eigenvalue weighted by molar-refractivity contribution is 0.196. The Balaban J connectivity index is 0.000000153. The van der Waals surface area contributed by atoms with Crippen molar-refractivity contribution >= 4 is 62.2 Å². The van der Waals surface area contributed by atoms with E-state index in [1.807, 2.05) is 55.4 Å². The zero-order valence-corrected chi connectivity index (χ0v) is 83.9. The Morgan fingerprint density at radius 3 is 0.625 bits per heavy atom. The fourth-order valence-corrected chi connectivity index (χ4v) is 23.1. The predicted molar refractivity (Wildman–Crippen MR) is 519 cm³/mol. The molecule has 44 heteroatoms. The number of nitrogens with zero attached hydrogens (tertiary/aromatic N) is 20. The third-order valence-corrected chi connectivity index (χ3v) is 32.1. The van der Waals surface area contributed by atoms with Gasteiger partial charge in [-0.25, -0.2) is 71.7 Å². The molecule has 4 aromatic carbocycles. The zero-order chi connectivity index (χ0) is 97.8. The molecule has 736 valence electrons. The number of hydrogen-bond acceptors (Lipinski definition) is 28. The number of benzene rings is 4. The minimum absolute atomic E-state index is 0.147. The molecule has 4 aliphatic heterocycles. The Labute approximate surface area is 793 Å². The Kier molecular flexibility index (Phi) is 33.6. The summed E-state index contributed by atoms with van der Waals surface area (Å²) in [6.07, 6.45) is 6.08. The Bertz CT molecular complexity index is 6190. The first kappa shape index (κ1) is 102. The molecule has 12 heterocycles. The average Bonchev–Trinajstić information content (AvgIpc) is 1.06. The molecule has 4 aliphatic rings. The highest BCUT2D eigenvalue weighted by Crippen LogP contribution is 2.38. The van der Waals surface area contributed by atoms with Gasteiger partial charge in [-0.05, 0) is 180 Å². The monoisotopic (exact) mass is 1950 g/mol. The van der Waals surface area contributed by atoms with Crippen LogP contribution in [-0.2, 0) is 65.8 Å². The second-order valence-corrected chi connectivity index (χ2v) is 41.2. The maximum Gasteiger partial charge on any atom is 0.277 e. The summed E-state index contributed by atoms with van der Waals surface area (Å²) in [6.45, 7) is 45.2. The van der Waals surface area contributed by atoms with Crippen molar-refractivity contribution in [2.75, 3.05) is 157 Å². The van der Waals surface area contributed by atoms with E-state index in [0.717, 1.165) is 51.9 Å². The van der Waals surface area contributed by atoms with Gasteiger partial charge in [0.25, 0.3) is 22.2 Å². The van der Waals surface area contributed by atoms with Gasteiger partial charge < -0.3 is 58.5 Å². The van der Waals surface area contributed by atoms with Crippen LogP contribution in [0.25, 0.3) is 67.6 Å². The van der Waals surface area contributed by atoms with Crippen molar-refractivity contribution in [3.05, 3.63) is 160 Å². The molecule has 16 rings (SSSR count). The highest BCUT2D eigenvalue weighted by Gasteiger charge is 2.36. The first-order valence-corrected chi connectivity index (χ1v) is 52.9. The fourth-order valence-electron chi connectivity index (χ4n) is 17.3. The largest absolute Gasteiger partial charge is 0.493 e. The Morgan fingerprint density at radius 2 is 0.463 bits per heavy atom. The van der Waals surface area contributed by atoms with E-state index in [2.05, 4.69) is 108 Å². The number of fused-ring (bicyclic) bond motifs is 4. The molecule has 0 amide bonds. The molecule has 0 atom stereocenters. The summed E-state index contributed by atoms with van der Waals surface area (Å²) < 4.78 is 143. The van der Waals surface area contributed by atoms with Crippen LogP contribution in [0.5, 0.6) is 23.0 Å². The molecule has 0 radical (unpaired) electrons. The van der Waals surface area contributed by atoms with Crippen molar-refractivity contribution in [2.24, 2.45) is 0 Å². The number of likely N-dealkylation sites (N-methyl/N-ethyl adjacent to an activating group) is 4. The van der Waals surface area contributed by atoms with Crippen molar-refractivity contribution in [2.45, 2.75) is 182 Å². The number of aromatic amines is 4. The lowest BCUT2D eigenvalue weighted by atomic mass is 10.2. The first-order valence-electron chi connectivity index (χ1n) is 47.1. The lowest BCUT2D eigenvalue weighted by Crippen LogP contribution is -2.48. The summed E-state index contributed by atoms with van der Waals surface area (Å²) in [7, 11) is -14.8. The van der Waals surface area contributed by atoms with Crippen molar-refractivity contribution in [1.29, 1.82) is 0 Å². The fraction of sp³-hybridized carbons (Fsp3) is 0.522. The van der Waals surface area contributed by atoms with Crippen LogP contribution in [0.3, 0.4) is 0 Å². The molecule has 0 bridgehead atoms. The number of H-pyrrole nitrogens is 4. The van der Waals surface area contributed by atoms with Crippen LogP contribution in [0.2, 0.25) is 0 Å². The predicted octanol–water partition coefficient (Wildman–Crippen LogP) is 8.28. The number of hydrogen-bond donors (Lipinski definition) is 4. The molecule has 12 aromatic rings. The molecule has 4 N–H and O–H groups in total. The van der Waals surface area contributed by atoms with Crippen LogP contribution in [0.4, 0.5) is 0 Å². The number of aryl methyl sites for hydroxylation is 8. The van der Waals surface area contributed by atoms with Gasteiger partial charge >= 0.3 is 0 Å². The van der Waals surface area contributed by atoms with Crippen molar-refractivity contribution in [1.82, 2.24) is 115 Å². The summed E-state index contributed by atoms with van der Waals surface area (Å²) >= 11 is 0. The zero-order valence-electron chi connectivity index (χ0n) is 80.7. The molecule has 4 fully saturated rings. The lowest BCUT2D eigenvalue weighted by Gasteiger charge is -2.33. The van der Waals surface area contributed by atoms with Crippen LogP contribution < -0.4 is 41.2 Å². The van der Waals surface area contributed by atoms with Gasteiger partial charge in [0.2, 0.25) is 40.1 Å². The molecule has 8 aromatic heterocycles. The van der Waals surface area contributed by atoms with Crippen molar-refractivity contribution in [3.63, 3.8) is 0 Å². The van der Waals surface area contributed by atoms with E-state index in [9.17, 15) is 52.8 Å². The van der Waals surface area contributed by atoms with E-state index in [1.165, 1.54) is 17.2 Å². The van der Waals surface area contributed by atoms with Gasteiger partial charge in [0.05, 0.1) is 91.0 Å². The van der Waals surface area contributed by atoms with E-state index in [-0.39, 0.29) is 65.1 Å². The van der Waals surface area contributed by atoms with Gasteiger partial charge in [-0.1, -0.05) is 55.4 Å². The van der Waals surface area contributed by atoms with Gasteiger partial charge in [-0.2, -0.15) is 17.2 Å². The normalized spacial score (nSPS) is 15.8. The average molecular weight is 1950 g/mol. The number of imidazole rings is 4. The van der Waals surface area contributed by atoms with Gasteiger partial charge in [-0.15, -0.1) is 20.4 Å². The second kappa shape index (κ2) is 44.6. The van der Waals surface area contributed by atoms with Crippen LogP contribution >= 0.6 is 0 Å². The van der Waals surface area contributed by atoms with Crippen LogP contribution in [-0.4, -0.2) is 306 Å². The van der Waals surface area contributed by atoms with Gasteiger partial charge in [0, 0.05) is 130 Å². The van der Waals surface area contributed by atoms with Gasteiger partial charge in [-0.3, -0.25) is 19.2 Å². The number of rotatable bonds is 32. The number of nitrogens with one attached hydrogen (secondary N) is 4. The number of piperazine rings is 4. The number of ether oxygens (including phenoxy) is 4. The van der Waals surface area contributed by atoms with Crippen LogP contribution in [0, 0.1) is 27.7 Å². The first-order chi connectivity index (χ1) is 65.2. The molecular weight excluding hydrogens is 1830 g/mol. The van der Waals surface area contributed by atoms with E-state index in [0.29, 0.717) is 270 Å². The van der Waals surface area contributed by atoms with E-state index < -0.39 is 40.1 Å². The molecular formula is C92H128N24O16S4. The standard InChI is InChI=1S/4C23H32N6O4S/c4*1-5-8-20-24-16(4)21-23(30)25-22(26-29(20)21)18-15-17(9-10-19(18)33-7-3)34(31,32)28-13-11-27(6-2)12-14-28/h4*9-10,15H,5-8,11-14H2,1-4H3,(H,25,26,30). The van der Waals surface area contributed by atoms with Gasteiger partial charge in [0.1, 0.15) is 46.3 Å². The maximum absolute atomic E-state index is 13.4. The molecule has 0 spiro atoms. The van der Waals surface area contributed by atoms with E-state index >= 15 is 0 Å². The summed E-state index contributed by atoms with van der Waals surface area (Å²) in [4.78, 5) is 90.5.